The number of halogens is 9. The van der Waals surface area contributed by atoms with Gasteiger partial charge in [-0.05, 0) is 30.7 Å². The molecule has 1 aliphatic heterocycles. The van der Waals surface area contributed by atoms with Crippen molar-refractivity contribution in [3.63, 3.8) is 0 Å². The lowest BCUT2D eigenvalue weighted by atomic mass is 10.1. The van der Waals surface area contributed by atoms with Crippen molar-refractivity contribution < 1.29 is 69.2 Å². The summed E-state index contributed by atoms with van der Waals surface area (Å²) in [6.45, 7) is 5.94. The largest absolute Gasteiger partial charge is 0.490 e. The first-order chi connectivity index (χ1) is 20.1. The number of carboxylic acid groups (broad SMARTS) is 3. The van der Waals surface area contributed by atoms with Gasteiger partial charge in [-0.1, -0.05) is 0 Å². The topological polar surface area (TPSA) is 164 Å². The standard InChI is InChI=1S/C17H20N6.3C2HF3O2/c1-14-17-19-11-16(13-22-8-2-5-20-22)23(17)10-9-21(14)12-15-3-6-18-7-4-15;3*3-2(4,5)1(6)7/h2-8,11,14H,9-10,12-13H2,1H3;3*(H,6,7). The molecule has 0 radical (unpaired) electrons. The van der Waals surface area contributed by atoms with Crippen molar-refractivity contribution in [1.29, 1.82) is 0 Å². The number of aromatic nitrogens is 5. The minimum absolute atomic E-state index is 0.309. The zero-order valence-electron chi connectivity index (χ0n) is 22.2. The Morgan fingerprint density at radius 3 is 1.70 bits per heavy atom. The molecular formula is C23H23F9N6O6. The Hall–Kier alpha value is -4.69. The fraction of sp³-hybridized carbons (Fsp3) is 0.391. The Morgan fingerprint density at radius 2 is 1.30 bits per heavy atom. The van der Waals surface area contributed by atoms with E-state index in [0.717, 1.165) is 32.0 Å². The molecule has 0 bridgehead atoms. The van der Waals surface area contributed by atoms with Crippen LogP contribution < -0.4 is 0 Å². The van der Waals surface area contributed by atoms with Gasteiger partial charge in [-0.15, -0.1) is 0 Å². The van der Waals surface area contributed by atoms with E-state index in [1.54, 1.807) is 0 Å². The lowest BCUT2D eigenvalue weighted by Crippen LogP contribution is -2.37. The smallest absolute Gasteiger partial charge is 0.475 e. The quantitative estimate of drug-likeness (QED) is 0.352. The summed E-state index contributed by atoms with van der Waals surface area (Å²) in [5.41, 5.74) is 2.52. The molecule has 21 heteroatoms. The van der Waals surface area contributed by atoms with E-state index >= 15 is 0 Å². The van der Waals surface area contributed by atoms with E-state index < -0.39 is 36.4 Å². The van der Waals surface area contributed by atoms with Crippen molar-refractivity contribution in [2.45, 2.75) is 51.1 Å². The lowest BCUT2D eigenvalue weighted by Gasteiger charge is -2.34. The van der Waals surface area contributed by atoms with Crippen LogP contribution in [0, 0.1) is 0 Å². The molecule has 3 aromatic heterocycles. The predicted octanol–water partition coefficient (Wildman–Crippen LogP) is 4.00. The van der Waals surface area contributed by atoms with Crippen molar-refractivity contribution in [2.24, 2.45) is 0 Å². The van der Waals surface area contributed by atoms with Gasteiger partial charge in [0.25, 0.3) is 0 Å². The number of aliphatic carboxylic acids is 3. The molecule has 1 aliphatic rings. The molecule has 0 spiro atoms. The number of carbonyl (C=O) groups is 3. The van der Waals surface area contributed by atoms with Crippen LogP contribution in [0.2, 0.25) is 0 Å². The molecule has 0 aliphatic carbocycles. The van der Waals surface area contributed by atoms with Gasteiger partial charge in [0.2, 0.25) is 0 Å². The Balaban J connectivity index is 0.000000379. The monoisotopic (exact) mass is 650 g/mol. The van der Waals surface area contributed by atoms with Crippen LogP contribution in [0.4, 0.5) is 39.5 Å². The maximum Gasteiger partial charge on any atom is 0.490 e. The third-order valence-electron chi connectivity index (χ3n) is 5.25. The number of carboxylic acids is 3. The maximum absolute atomic E-state index is 10.6. The second-order valence-corrected chi connectivity index (χ2v) is 8.37. The third-order valence-corrected chi connectivity index (χ3v) is 5.25. The van der Waals surface area contributed by atoms with E-state index in [2.05, 4.69) is 43.6 Å². The molecule has 0 saturated carbocycles. The van der Waals surface area contributed by atoms with Crippen molar-refractivity contribution >= 4 is 17.9 Å². The highest BCUT2D eigenvalue weighted by Gasteiger charge is 2.39. The van der Waals surface area contributed by atoms with Crippen LogP contribution in [0.1, 0.15) is 30.0 Å². The normalized spacial score (nSPS) is 14.8. The molecule has 244 valence electrons. The molecule has 0 fully saturated rings. The molecule has 3 aromatic rings. The average molecular weight is 650 g/mol. The van der Waals surface area contributed by atoms with Crippen molar-refractivity contribution in [2.75, 3.05) is 6.54 Å². The molecule has 4 rings (SSSR count). The average Bonchev–Trinajstić information content (AvgIpc) is 3.57. The molecule has 0 saturated heterocycles. The first-order valence-corrected chi connectivity index (χ1v) is 11.7. The zero-order chi connectivity index (χ0) is 33.9. The molecular weight excluding hydrogens is 627 g/mol. The minimum Gasteiger partial charge on any atom is -0.475 e. The second-order valence-electron chi connectivity index (χ2n) is 8.37. The summed E-state index contributed by atoms with van der Waals surface area (Å²) in [5.74, 6) is -7.13. The Kier molecular flexibility index (Phi) is 13.3. The Labute approximate surface area is 241 Å². The summed E-state index contributed by atoms with van der Waals surface area (Å²) in [4.78, 5) is 37.9. The second kappa shape index (κ2) is 15.7. The molecule has 4 heterocycles. The summed E-state index contributed by atoms with van der Waals surface area (Å²) in [6, 6.07) is 6.42. The molecule has 0 aromatic carbocycles. The number of rotatable bonds is 4. The highest BCUT2D eigenvalue weighted by atomic mass is 19.4. The predicted molar refractivity (Wildman–Crippen MR) is 128 cm³/mol. The summed E-state index contributed by atoms with van der Waals surface area (Å²) in [6.07, 6.45) is -5.75. The molecule has 44 heavy (non-hydrogen) atoms. The Bertz CT molecular complexity index is 1290. The van der Waals surface area contributed by atoms with E-state index in [9.17, 15) is 39.5 Å². The van der Waals surface area contributed by atoms with Crippen LogP contribution in [0.5, 0.6) is 0 Å². The van der Waals surface area contributed by atoms with Crippen LogP contribution in [-0.2, 0) is 34.0 Å². The molecule has 1 unspecified atom stereocenters. The molecule has 12 nitrogen and oxygen atoms in total. The first kappa shape index (κ1) is 37.3. The van der Waals surface area contributed by atoms with E-state index in [1.807, 2.05) is 41.7 Å². The summed E-state index contributed by atoms with van der Waals surface area (Å²) < 4.78 is 99.5. The van der Waals surface area contributed by atoms with Gasteiger partial charge in [0.15, 0.2) is 0 Å². The zero-order valence-corrected chi connectivity index (χ0v) is 22.2. The molecule has 1 atom stereocenters. The summed E-state index contributed by atoms with van der Waals surface area (Å²) >= 11 is 0. The fourth-order valence-corrected chi connectivity index (χ4v) is 3.23. The maximum atomic E-state index is 10.6. The van der Waals surface area contributed by atoms with Gasteiger partial charge in [-0.2, -0.15) is 44.6 Å². The van der Waals surface area contributed by atoms with Gasteiger partial charge >= 0.3 is 36.4 Å². The number of hydrogen-bond acceptors (Lipinski definition) is 7. The number of alkyl halides is 9. The molecule has 3 N–H and O–H groups in total. The van der Waals surface area contributed by atoms with Crippen LogP contribution in [0.3, 0.4) is 0 Å². The minimum atomic E-state index is -5.08. The summed E-state index contributed by atoms with van der Waals surface area (Å²) in [5, 5.41) is 25.7. The first-order valence-electron chi connectivity index (χ1n) is 11.7. The highest BCUT2D eigenvalue weighted by Crippen LogP contribution is 2.27. The number of nitrogens with zero attached hydrogens (tertiary/aromatic N) is 6. The lowest BCUT2D eigenvalue weighted by molar-refractivity contribution is -0.193. The van der Waals surface area contributed by atoms with Crippen molar-refractivity contribution in [3.8, 4) is 0 Å². The van der Waals surface area contributed by atoms with Crippen LogP contribution in [-0.4, -0.2) is 87.5 Å². The van der Waals surface area contributed by atoms with Crippen molar-refractivity contribution in [1.82, 2.24) is 29.2 Å². The van der Waals surface area contributed by atoms with Crippen LogP contribution in [0.15, 0.2) is 49.2 Å². The van der Waals surface area contributed by atoms with E-state index in [4.69, 9.17) is 29.7 Å². The van der Waals surface area contributed by atoms with E-state index in [-0.39, 0.29) is 0 Å². The van der Waals surface area contributed by atoms with E-state index in [0.29, 0.717) is 6.04 Å². The van der Waals surface area contributed by atoms with Gasteiger partial charge in [-0.3, -0.25) is 14.6 Å². The van der Waals surface area contributed by atoms with E-state index in [1.165, 1.54) is 11.3 Å². The summed E-state index contributed by atoms with van der Waals surface area (Å²) in [7, 11) is 0. The van der Waals surface area contributed by atoms with Crippen molar-refractivity contribution in [3.05, 3.63) is 66.3 Å². The van der Waals surface area contributed by atoms with Gasteiger partial charge in [0.1, 0.15) is 5.82 Å². The van der Waals surface area contributed by atoms with Gasteiger partial charge in [0.05, 0.1) is 24.5 Å². The fourth-order valence-electron chi connectivity index (χ4n) is 3.23. The van der Waals surface area contributed by atoms with Crippen LogP contribution in [0.25, 0.3) is 0 Å². The SMILES string of the molecule is CC1c2ncc(Cn3cccn3)n2CCN1Cc1ccncc1.O=C(O)C(F)(F)F.O=C(O)C(F)(F)F.O=C(O)C(F)(F)F. The highest BCUT2D eigenvalue weighted by molar-refractivity contribution is 5.73. The molecule has 0 amide bonds. The van der Waals surface area contributed by atoms with Gasteiger partial charge in [-0.25, -0.2) is 19.4 Å². The number of fused-ring (bicyclic) bond motifs is 1. The Morgan fingerprint density at radius 1 is 0.818 bits per heavy atom. The van der Waals surface area contributed by atoms with Gasteiger partial charge in [0, 0.05) is 44.4 Å². The number of hydrogen-bond donors (Lipinski definition) is 3. The number of imidazole rings is 1. The van der Waals surface area contributed by atoms with Gasteiger partial charge < -0.3 is 19.9 Å². The third kappa shape index (κ3) is 12.7. The number of pyridine rings is 1. The van der Waals surface area contributed by atoms with Crippen LogP contribution >= 0.6 is 0 Å².